The molecule has 1 aliphatic rings. The lowest BCUT2D eigenvalue weighted by molar-refractivity contribution is 0.0135. The lowest BCUT2D eigenvalue weighted by Gasteiger charge is -2.34. The minimum Gasteiger partial charge on any atom is -0.493 e. The SMILES string of the molecule is CCOC(=O)c1[nH]c2c(-c3c(C(CCNC)N4CCOCC4)nn(C)c3C)c(Cl)ccc2c1CCCOc1cccc2cc(F)ccc12. The quantitative estimate of drug-likeness (QED) is 0.103. The van der Waals surface area contributed by atoms with Crippen LogP contribution in [-0.2, 0) is 22.9 Å². The summed E-state index contributed by atoms with van der Waals surface area (Å²) in [5.41, 5.74) is 5.79. The molecule has 0 spiro atoms. The van der Waals surface area contributed by atoms with E-state index < -0.39 is 5.97 Å². The number of halogens is 2. The Morgan fingerprint density at radius 1 is 1.15 bits per heavy atom. The molecule has 11 heteroatoms. The summed E-state index contributed by atoms with van der Waals surface area (Å²) < 4.78 is 33.1. The van der Waals surface area contributed by atoms with Crippen LogP contribution in [0.4, 0.5) is 4.39 Å². The molecule has 6 rings (SSSR count). The maximum atomic E-state index is 13.8. The Balaban J connectivity index is 1.38. The van der Waals surface area contributed by atoms with Crippen molar-refractivity contribution in [3.63, 3.8) is 0 Å². The fourth-order valence-corrected chi connectivity index (χ4v) is 7.05. The van der Waals surface area contributed by atoms with Crippen LogP contribution in [0.2, 0.25) is 5.02 Å². The van der Waals surface area contributed by atoms with Gasteiger partial charge in [-0.2, -0.15) is 5.10 Å². The van der Waals surface area contributed by atoms with Crippen molar-refractivity contribution in [2.45, 2.75) is 39.2 Å². The summed E-state index contributed by atoms with van der Waals surface area (Å²) in [5, 5.41) is 11.5. The number of esters is 1. The summed E-state index contributed by atoms with van der Waals surface area (Å²) in [5.74, 6) is -0.00181. The minimum absolute atomic E-state index is 0.0456. The normalized spacial score (nSPS) is 14.5. The number of ether oxygens (including phenoxy) is 3. The maximum absolute atomic E-state index is 13.8. The van der Waals surface area contributed by atoms with Gasteiger partial charge in [-0.15, -0.1) is 0 Å². The van der Waals surface area contributed by atoms with Gasteiger partial charge in [-0.05, 0) is 88.0 Å². The highest BCUT2D eigenvalue weighted by molar-refractivity contribution is 6.35. The molecular weight excluding hydrogens is 633 g/mol. The van der Waals surface area contributed by atoms with E-state index in [1.807, 2.05) is 49.1 Å². The van der Waals surface area contributed by atoms with Crippen LogP contribution in [0.15, 0.2) is 48.5 Å². The highest BCUT2D eigenvalue weighted by atomic mass is 35.5. The number of fused-ring (bicyclic) bond motifs is 2. The van der Waals surface area contributed by atoms with E-state index in [9.17, 15) is 9.18 Å². The van der Waals surface area contributed by atoms with Gasteiger partial charge in [0.25, 0.3) is 0 Å². The largest absolute Gasteiger partial charge is 0.493 e. The Kier molecular flexibility index (Phi) is 10.7. The van der Waals surface area contributed by atoms with Crippen molar-refractivity contribution in [1.29, 1.82) is 0 Å². The molecule has 1 saturated heterocycles. The van der Waals surface area contributed by atoms with E-state index in [-0.39, 0.29) is 18.5 Å². The second kappa shape index (κ2) is 15.1. The van der Waals surface area contributed by atoms with Gasteiger partial charge in [-0.25, -0.2) is 9.18 Å². The van der Waals surface area contributed by atoms with Gasteiger partial charge in [0, 0.05) is 47.7 Å². The first-order valence-corrected chi connectivity index (χ1v) is 17.0. The van der Waals surface area contributed by atoms with E-state index in [2.05, 4.69) is 22.1 Å². The van der Waals surface area contributed by atoms with Gasteiger partial charge in [-0.1, -0.05) is 29.8 Å². The number of hydrogen-bond acceptors (Lipinski definition) is 7. The van der Waals surface area contributed by atoms with Crippen molar-refractivity contribution in [3.8, 4) is 16.9 Å². The third-order valence-corrected chi connectivity index (χ3v) is 9.54. The second-order valence-electron chi connectivity index (χ2n) is 12.1. The molecule has 9 nitrogen and oxygen atoms in total. The van der Waals surface area contributed by atoms with Crippen molar-refractivity contribution in [1.82, 2.24) is 25.0 Å². The predicted molar refractivity (Wildman–Crippen MR) is 188 cm³/mol. The number of carbonyl (C=O) groups is 1. The van der Waals surface area contributed by atoms with Crippen LogP contribution in [0.1, 0.15) is 53.2 Å². The molecule has 1 fully saturated rings. The van der Waals surface area contributed by atoms with E-state index in [4.69, 9.17) is 30.9 Å². The van der Waals surface area contributed by atoms with Crippen LogP contribution in [0.25, 0.3) is 32.8 Å². The van der Waals surface area contributed by atoms with Gasteiger partial charge in [0.15, 0.2) is 0 Å². The number of hydrogen-bond donors (Lipinski definition) is 2. The van der Waals surface area contributed by atoms with Gasteiger partial charge in [0.1, 0.15) is 17.3 Å². The minimum atomic E-state index is -0.411. The van der Waals surface area contributed by atoms with Crippen molar-refractivity contribution >= 4 is 39.2 Å². The van der Waals surface area contributed by atoms with Crippen molar-refractivity contribution < 1.29 is 23.4 Å². The number of nitrogens with one attached hydrogen (secondary N) is 2. The number of carbonyl (C=O) groups excluding carboxylic acids is 1. The standard InChI is InChI=1S/C37H43ClFN5O4/c1-5-47-37(45)35-27(9-7-19-48-31-10-6-8-24-22-25(39)11-12-26(24)31)28-13-14-29(38)33(34(28)41-35)32-23(2)43(4)42-36(32)30(15-16-40-3)44-17-20-46-21-18-44/h6,8,10-14,22,30,40-41H,5,7,9,15-21H2,1-4H3. The van der Waals surface area contributed by atoms with Gasteiger partial charge in [0.2, 0.25) is 0 Å². The molecule has 0 radical (unpaired) electrons. The Morgan fingerprint density at radius 3 is 2.71 bits per heavy atom. The topological polar surface area (TPSA) is 93.6 Å². The highest BCUT2D eigenvalue weighted by Gasteiger charge is 2.31. The van der Waals surface area contributed by atoms with E-state index in [1.54, 1.807) is 13.0 Å². The van der Waals surface area contributed by atoms with Crippen LogP contribution < -0.4 is 10.1 Å². The number of aromatic amines is 1. The average molecular weight is 676 g/mol. The van der Waals surface area contributed by atoms with Crippen molar-refractivity contribution in [2.75, 3.05) is 53.1 Å². The number of morpholine rings is 1. The zero-order valence-corrected chi connectivity index (χ0v) is 28.8. The molecule has 0 bridgehead atoms. The summed E-state index contributed by atoms with van der Waals surface area (Å²) in [4.78, 5) is 19.3. The van der Waals surface area contributed by atoms with Crippen LogP contribution >= 0.6 is 11.6 Å². The highest BCUT2D eigenvalue weighted by Crippen LogP contribution is 2.43. The van der Waals surface area contributed by atoms with Gasteiger partial charge in [0.05, 0.1) is 48.7 Å². The molecule has 3 aromatic carbocycles. The summed E-state index contributed by atoms with van der Waals surface area (Å²) >= 11 is 7.08. The Labute approximate surface area is 285 Å². The van der Waals surface area contributed by atoms with Crippen molar-refractivity contribution in [3.05, 3.63) is 82.0 Å². The van der Waals surface area contributed by atoms with E-state index in [1.165, 1.54) is 12.1 Å². The molecule has 0 saturated carbocycles. The number of aromatic nitrogens is 3. The van der Waals surface area contributed by atoms with Gasteiger partial charge < -0.3 is 24.5 Å². The first-order valence-electron chi connectivity index (χ1n) is 16.6. The average Bonchev–Trinajstić information content (AvgIpc) is 3.60. The zero-order chi connectivity index (χ0) is 33.8. The van der Waals surface area contributed by atoms with Crippen LogP contribution in [0, 0.1) is 12.7 Å². The number of aryl methyl sites for hydroxylation is 2. The van der Waals surface area contributed by atoms with E-state index in [0.717, 1.165) is 75.8 Å². The van der Waals surface area contributed by atoms with Crippen LogP contribution in [0.3, 0.4) is 0 Å². The summed E-state index contributed by atoms with van der Waals surface area (Å²) in [7, 11) is 3.92. The fourth-order valence-electron chi connectivity index (χ4n) is 6.80. The summed E-state index contributed by atoms with van der Waals surface area (Å²) in [6, 6.07) is 14.2. The molecule has 2 N–H and O–H groups in total. The molecule has 0 amide bonds. The molecule has 3 heterocycles. The molecule has 5 aromatic rings. The van der Waals surface area contributed by atoms with E-state index >= 15 is 0 Å². The molecule has 1 unspecified atom stereocenters. The molecule has 0 aliphatic carbocycles. The zero-order valence-electron chi connectivity index (χ0n) is 28.0. The number of benzene rings is 3. The summed E-state index contributed by atoms with van der Waals surface area (Å²) in [6.07, 6.45) is 2.06. The second-order valence-corrected chi connectivity index (χ2v) is 12.6. The Bertz CT molecular complexity index is 1920. The van der Waals surface area contributed by atoms with Gasteiger partial charge >= 0.3 is 5.97 Å². The number of rotatable bonds is 13. The molecule has 1 aliphatic heterocycles. The Morgan fingerprint density at radius 2 is 1.94 bits per heavy atom. The lowest BCUT2D eigenvalue weighted by Crippen LogP contribution is -2.40. The molecule has 2 aromatic heterocycles. The van der Waals surface area contributed by atoms with Crippen molar-refractivity contribution in [2.24, 2.45) is 7.05 Å². The number of nitrogens with zero attached hydrogens (tertiary/aromatic N) is 3. The fraction of sp³-hybridized carbons (Fsp3) is 0.405. The molecule has 48 heavy (non-hydrogen) atoms. The summed E-state index contributed by atoms with van der Waals surface area (Å²) in [6.45, 7) is 8.34. The smallest absolute Gasteiger partial charge is 0.355 e. The van der Waals surface area contributed by atoms with Crippen LogP contribution in [0.5, 0.6) is 5.75 Å². The Hall–Kier alpha value is -3.96. The molecule has 1 atom stereocenters. The third kappa shape index (κ3) is 6.80. The predicted octanol–water partition coefficient (Wildman–Crippen LogP) is 6.99. The number of H-pyrrole nitrogens is 1. The maximum Gasteiger partial charge on any atom is 0.355 e. The van der Waals surface area contributed by atoms with Crippen LogP contribution in [-0.4, -0.2) is 78.7 Å². The van der Waals surface area contributed by atoms with Gasteiger partial charge in [-0.3, -0.25) is 9.58 Å². The first kappa shape index (κ1) is 33.9. The monoisotopic (exact) mass is 675 g/mol. The molecular formula is C37H43ClFN5O4. The lowest BCUT2D eigenvalue weighted by atomic mass is 9.94. The first-order chi connectivity index (χ1) is 23.3. The van der Waals surface area contributed by atoms with E-state index in [0.29, 0.717) is 49.1 Å². The third-order valence-electron chi connectivity index (χ3n) is 9.22. The molecule has 254 valence electrons.